The fourth-order valence-electron chi connectivity index (χ4n) is 5.93. The fourth-order valence-corrected chi connectivity index (χ4v) is 5.93. The highest BCUT2D eigenvalue weighted by molar-refractivity contribution is 6.85. The zero-order valence-electron chi connectivity index (χ0n) is 22.0. The molecule has 3 nitrogen and oxygen atoms in total. The number of hydrogen-bond donors (Lipinski definition) is 0. The summed E-state index contributed by atoms with van der Waals surface area (Å²) in [6, 6.07) is 29.2. The zero-order valence-corrected chi connectivity index (χ0v) is 22.0. The van der Waals surface area contributed by atoms with Crippen molar-refractivity contribution in [2.75, 3.05) is 9.62 Å². The van der Waals surface area contributed by atoms with Crippen LogP contribution in [0.5, 0.6) is 0 Å². The van der Waals surface area contributed by atoms with Gasteiger partial charge in [-0.3, -0.25) is 0 Å². The van der Waals surface area contributed by atoms with Crippen LogP contribution in [-0.4, -0.2) is 12.0 Å². The third-order valence-corrected chi connectivity index (χ3v) is 7.77. The van der Waals surface area contributed by atoms with E-state index in [1.807, 2.05) is 6.20 Å². The Bertz CT molecular complexity index is 1440. The van der Waals surface area contributed by atoms with Gasteiger partial charge in [0, 0.05) is 11.9 Å². The van der Waals surface area contributed by atoms with Crippen LogP contribution in [-0.2, 0) is 18.3 Å². The molecule has 0 fully saturated rings. The van der Waals surface area contributed by atoms with Gasteiger partial charge >= 0.3 is 6.98 Å². The Kier molecular flexibility index (Phi) is 5.44. The summed E-state index contributed by atoms with van der Waals surface area (Å²) in [7, 11) is 0. The molecule has 0 atom stereocenters. The Balaban J connectivity index is 1.68. The maximum atomic E-state index is 4.98. The first-order valence-electron chi connectivity index (χ1n) is 13.2. The molecular formula is C32H34BN3. The van der Waals surface area contributed by atoms with E-state index < -0.39 is 0 Å². The molecule has 6 rings (SSSR count). The van der Waals surface area contributed by atoms with Crippen LogP contribution >= 0.6 is 0 Å². The smallest absolute Gasteiger partial charge is 0.360 e. The van der Waals surface area contributed by atoms with E-state index in [1.165, 1.54) is 44.8 Å². The van der Waals surface area contributed by atoms with Gasteiger partial charge in [0.25, 0.3) is 0 Å². The molecule has 0 amide bonds. The van der Waals surface area contributed by atoms with Crippen LogP contribution in [0.2, 0.25) is 0 Å². The quantitative estimate of drug-likeness (QED) is 0.286. The highest BCUT2D eigenvalue weighted by Gasteiger charge is 2.47. The monoisotopic (exact) mass is 471 g/mol. The summed E-state index contributed by atoms with van der Waals surface area (Å²) >= 11 is 0. The molecule has 2 aliphatic heterocycles. The summed E-state index contributed by atoms with van der Waals surface area (Å²) in [5.41, 5.74) is 10.8. The molecule has 1 aromatic heterocycles. The van der Waals surface area contributed by atoms with Crippen molar-refractivity contribution in [1.82, 2.24) is 4.98 Å². The Morgan fingerprint density at radius 1 is 0.750 bits per heavy atom. The normalized spacial score (nSPS) is 14.7. The Morgan fingerprint density at radius 2 is 1.39 bits per heavy atom. The summed E-state index contributed by atoms with van der Waals surface area (Å²) < 4.78 is 0. The maximum absolute atomic E-state index is 4.98. The first kappa shape index (κ1) is 22.9. The van der Waals surface area contributed by atoms with Crippen molar-refractivity contribution in [1.29, 1.82) is 0 Å². The van der Waals surface area contributed by atoms with Crippen molar-refractivity contribution in [2.45, 2.75) is 58.8 Å². The molecule has 0 bridgehead atoms. The molecule has 0 aliphatic carbocycles. The fraction of sp³-hybridized carbons (Fsp3) is 0.281. The SMILES string of the molecule is CC(C)c1cccc2c1B1N(c3cc(C(C)(C)C)ccn3)c3ccccc3N1c1ccccc1CC2. The van der Waals surface area contributed by atoms with Gasteiger partial charge in [-0.05, 0) is 82.2 Å². The van der Waals surface area contributed by atoms with Gasteiger partial charge in [-0.2, -0.15) is 0 Å². The second-order valence-corrected chi connectivity index (χ2v) is 11.5. The third kappa shape index (κ3) is 3.62. The number of pyridine rings is 1. The van der Waals surface area contributed by atoms with Crippen molar-refractivity contribution >= 4 is 35.3 Å². The van der Waals surface area contributed by atoms with E-state index in [9.17, 15) is 0 Å². The second kappa shape index (κ2) is 8.55. The van der Waals surface area contributed by atoms with Gasteiger partial charge in [-0.1, -0.05) is 83.1 Å². The summed E-state index contributed by atoms with van der Waals surface area (Å²) in [5.74, 6) is 1.43. The average Bonchev–Trinajstić information content (AvgIpc) is 3.20. The minimum atomic E-state index is 0.000156. The molecule has 4 aromatic rings. The van der Waals surface area contributed by atoms with Crippen LogP contribution in [0, 0.1) is 0 Å². The summed E-state index contributed by atoms with van der Waals surface area (Å²) in [6.45, 7) is 11.5. The first-order valence-corrected chi connectivity index (χ1v) is 13.2. The standard InChI is InChI=1S/C32H34BN3/c1-22(2)26-13-10-12-24-18-17-23-11-6-7-14-27(23)35-28-15-8-9-16-29(28)36(33(35)31(24)26)30-21-25(19-20-34-30)32(3,4)5/h6-16,19-22H,17-18H2,1-5H3. The summed E-state index contributed by atoms with van der Waals surface area (Å²) in [6.07, 6.45) is 4.05. The van der Waals surface area contributed by atoms with Crippen molar-refractivity contribution in [3.8, 4) is 0 Å². The van der Waals surface area contributed by atoms with Crippen LogP contribution in [0.25, 0.3) is 0 Å². The molecule has 180 valence electrons. The van der Waals surface area contributed by atoms with E-state index in [2.05, 4.69) is 123 Å². The number of nitrogens with zero attached hydrogens (tertiary/aromatic N) is 3. The number of hydrogen-bond acceptors (Lipinski definition) is 3. The molecule has 2 aliphatic rings. The molecule has 4 heteroatoms. The number of anilines is 4. The Morgan fingerprint density at radius 3 is 2.11 bits per heavy atom. The van der Waals surface area contributed by atoms with Crippen LogP contribution in [0.4, 0.5) is 22.9 Å². The van der Waals surface area contributed by atoms with E-state index >= 15 is 0 Å². The highest BCUT2D eigenvalue weighted by Crippen LogP contribution is 2.48. The summed E-state index contributed by atoms with van der Waals surface area (Å²) in [4.78, 5) is 10.0. The molecule has 0 N–H and O–H groups in total. The largest absolute Gasteiger partial charge is 0.422 e. The van der Waals surface area contributed by atoms with Gasteiger partial charge < -0.3 is 9.62 Å². The number of aryl methyl sites for hydroxylation is 2. The summed E-state index contributed by atoms with van der Waals surface area (Å²) in [5, 5.41) is 0. The average molecular weight is 471 g/mol. The van der Waals surface area contributed by atoms with Crippen molar-refractivity contribution in [3.05, 3.63) is 107 Å². The Hall–Kier alpha value is -3.53. The molecule has 0 spiro atoms. The van der Waals surface area contributed by atoms with Gasteiger partial charge in [0.1, 0.15) is 5.82 Å². The van der Waals surface area contributed by atoms with Crippen molar-refractivity contribution in [2.24, 2.45) is 0 Å². The molecule has 0 saturated heterocycles. The molecular weight excluding hydrogens is 437 g/mol. The van der Waals surface area contributed by atoms with Gasteiger partial charge in [-0.25, -0.2) is 4.98 Å². The minimum absolute atomic E-state index is 0.000156. The van der Waals surface area contributed by atoms with Gasteiger partial charge in [0.15, 0.2) is 0 Å². The lowest BCUT2D eigenvalue weighted by molar-refractivity contribution is 0.589. The van der Waals surface area contributed by atoms with E-state index in [0.717, 1.165) is 18.7 Å². The topological polar surface area (TPSA) is 19.4 Å². The van der Waals surface area contributed by atoms with Crippen molar-refractivity contribution < 1.29 is 0 Å². The lowest BCUT2D eigenvalue weighted by Crippen LogP contribution is -2.56. The minimum Gasteiger partial charge on any atom is -0.360 e. The number of rotatable bonds is 2. The third-order valence-electron chi connectivity index (χ3n) is 7.77. The molecule has 3 aromatic carbocycles. The van der Waals surface area contributed by atoms with Gasteiger partial charge in [0.2, 0.25) is 0 Å². The maximum Gasteiger partial charge on any atom is 0.422 e. The molecule has 0 unspecified atom stereocenters. The van der Waals surface area contributed by atoms with Gasteiger partial charge in [0.05, 0.1) is 11.4 Å². The molecule has 36 heavy (non-hydrogen) atoms. The van der Waals surface area contributed by atoms with E-state index in [0.29, 0.717) is 5.92 Å². The van der Waals surface area contributed by atoms with E-state index in [1.54, 1.807) is 0 Å². The van der Waals surface area contributed by atoms with Crippen molar-refractivity contribution in [3.63, 3.8) is 0 Å². The number of benzene rings is 3. The predicted octanol–water partition coefficient (Wildman–Crippen LogP) is 7.29. The van der Waals surface area contributed by atoms with Crippen LogP contribution in [0.15, 0.2) is 85.1 Å². The van der Waals surface area contributed by atoms with Gasteiger partial charge in [-0.15, -0.1) is 0 Å². The number of aromatic nitrogens is 1. The predicted molar refractivity (Wildman–Crippen MR) is 153 cm³/mol. The Labute approximate surface area is 215 Å². The van der Waals surface area contributed by atoms with E-state index in [4.69, 9.17) is 4.98 Å². The van der Waals surface area contributed by atoms with Crippen LogP contribution in [0.3, 0.4) is 0 Å². The lowest BCUT2D eigenvalue weighted by Gasteiger charge is -2.35. The number of para-hydroxylation sites is 3. The number of fused-ring (bicyclic) bond motifs is 7. The molecule has 0 radical (unpaired) electrons. The second-order valence-electron chi connectivity index (χ2n) is 11.5. The molecule has 0 saturated carbocycles. The van der Waals surface area contributed by atoms with Crippen LogP contribution < -0.4 is 15.1 Å². The molecule has 3 heterocycles. The first-order chi connectivity index (χ1) is 17.3. The zero-order chi connectivity index (χ0) is 25.0. The highest BCUT2D eigenvalue weighted by atomic mass is 15.3. The van der Waals surface area contributed by atoms with Crippen LogP contribution in [0.1, 0.15) is 62.8 Å². The van der Waals surface area contributed by atoms with E-state index in [-0.39, 0.29) is 12.4 Å². The lowest BCUT2D eigenvalue weighted by atomic mass is 9.58.